The van der Waals surface area contributed by atoms with Crippen molar-refractivity contribution in [1.82, 2.24) is 0 Å². The maximum Gasteiger partial charge on any atom is 0.331 e. The maximum absolute atomic E-state index is 12.5. The number of hydrogen-bond donors (Lipinski definition) is 5. The highest BCUT2D eigenvalue weighted by atomic mass is 16.8. The number of fused-ring (bicyclic) bond motifs is 7. The molecular formula is C29H42O10. The van der Waals surface area contributed by atoms with Crippen LogP contribution in [0.15, 0.2) is 11.6 Å². The van der Waals surface area contributed by atoms with E-state index in [-0.39, 0.29) is 61.5 Å². The zero-order valence-electron chi connectivity index (χ0n) is 22.7. The van der Waals surface area contributed by atoms with Gasteiger partial charge < -0.3 is 44.5 Å². The highest BCUT2D eigenvalue weighted by molar-refractivity contribution is 5.85. The van der Waals surface area contributed by atoms with Crippen LogP contribution in [0.1, 0.15) is 65.2 Å². The van der Waals surface area contributed by atoms with Gasteiger partial charge in [0, 0.05) is 29.9 Å². The van der Waals surface area contributed by atoms with Crippen molar-refractivity contribution in [3.8, 4) is 0 Å². The van der Waals surface area contributed by atoms with E-state index >= 15 is 0 Å². The van der Waals surface area contributed by atoms with Gasteiger partial charge in [-0.25, -0.2) is 4.79 Å². The molecule has 39 heavy (non-hydrogen) atoms. The average molecular weight is 551 g/mol. The van der Waals surface area contributed by atoms with Gasteiger partial charge in [-0.05, 0) is 81.1 Å². The lowest BCUT2D eigenvalue weighted by Gasteiger charge is -2.66. The van der Waals surface area contributed by atoms with E-state index < -0.39 is 46.8 Å². The molecule has 0 radical (unpaired) electrons. The topological polar surface area (TPSA) is 155 Å². The van der Waals surface area contributed by atoms with Crippen LogP contribution in [-0.4, -0.2) is 92.9 Å². The van der Waals surface area contributed by atoms with Gasteiger partial charge in [-0.1, -0.05) is 6.92 Å². The number of aliphatic hydroxyl groups is 5. The number of hydrogen-bond acceptors (Lipinski definition) is 10. The smallest absolute Gasteiger partial charge is 0.331 e. The van der Waals surface area contributed by atoms with Crippen LogP contribution >= 0.6 is 0 Å². The monoisotopic (exact) mass is 550 g/mol. The number of esters is 1. The van der Waals surface area contributed by atoms with Crippen molar-refractivity contribution < 1.29 is 49.3 Å². The molecule has 2 saturated heterocycles. The van der Waals surface area contributed by atoms with Crippen LogP contribution in [0, 0.1) is 34.5 Å². The minimum absolute atomic E-state index is 0.0624. The summed E-state index contributed by atoms with van der Waals surface area (Å²) in [5, 5.41) is 57.0. The highest BCUT2D eigenvalue weighted by Gasteiger charge is 2.73. The maximum atomic E-state index is 12.5. The predicted molar refractivity (Wildman–Crippen MR) is 134 cm³/mol. The second kappa shape index (κ2) is 8.70. The minimum Gasteiger partial charge on any atom is -0.458 e. The summed E-state index contributed by atoms with van der Waals surface area (Å²) in [6.07, 6.45) is 1.75. The zero-order chi connectivity index (χ0) is 27.5. The lowest BCUT2D eigenvalue weighted by molar-refractivity contribution is -0.459. The Kier molecular flexibility index (Phi) is 5.97. The van der Waals surface area contributed by atoms with Crippen molar-refractivity contribution in [2.24, 2.45) is 34.5 Å². The van der Waals surface area contributed by atoms with Gasteiger partial charge in [-0.15, -0.1) is 0 Å². The molecule has 14 atom stereocenters. The van der Waals surface area contributed by atoms with Crippen LogP contribution in [0.4, 0.5) is 0 Å². The van der Waals surface area contributed by atoms with Crippen molar-refractivity contribution in [2.45, 2.75) is 113 Å². The molecule has 7 aliphatic rings. The van der Waals surface area contributed by atoms with Crippen LogP contribution in [0.5, 0.6) is 0 Å². The normalized spacial score (nSPS) is 58.3. The number of carbonyl (C=O) groups excluding carboxylic acids is 1. The molecule has 5 N–H and O–H groups in total. The molecule has 6 fully saturated rings. The van der Waals surface area contributed by atoms with Gasteiger partial charge in [-0.2, -0.15) is 0 Å². The summed E-state index contributed by atoms with van der Waals surface area (Å²) in [5.74, 6) is -2.67. The molecule has 218 valence electrons. The standard InChI is InChI=1S/C29H42O10/c1-14-7-23(32)29(35)25(37-14)38-20-9-16-3-4-18-17(27(16,13-30)11-21(20)39-29)5-6-26(2)19(10-22(31)28(18,26)34)15-8-24(33)36-12-15/h8,14,16-23,25,30-32,34-35H,3-7,9-13H2,1-2H3/t14-,16+,17+,18-,19-,20-,21-,22-,23+,25+,26-,27-,28-,29+/m1/s1. The molecule has 0 bridgehead atoms. The van der Waals surface area contributed by atoms with Crippen molar-refractivity contribution >= 4 is 5.97 Å². The number of cyclic esters (lactones) is 1. The van der Waals surface area contributed by atoms with Crippen LogP contribution < -0.4 is 0 Å². The van der Waals surface area contributed by atoms with E-state index in [4.69, 9.17) is 18.9 Å². The first-order valence-corrected chi connectivity index (χ1v) is 14.7. The Bertz CT molecular complexity index is 1060. The fourth-order valence-corrected chi connectivity index (χ4v) is 10.4. The third-order valence-electron chi connectivity index (χ3n) is 12.4. The molecule has 0 aromatic carbocycles. The first-order valence-electron chi connectivity index (χ1n) is 14.7. The molecule has 3 heterocycles. The van der Waals surface area contributed by atoms with E-state index in [0.717, 1.165) is 24.8 Å². The fraction of sp³-hybridized carbons (Fsp3) is 0.897. The number of aliphatic hydroxyl groups excluding tert-OH is 3. The van der Waals surface area contributed by atoms with Crippen LogP contribution in [-0.2, 0) is 23.7 Å². The first kappa shape index (κ1) is 26.8. The van der Waals surface area contributed by atoms with Gasteiger partial charge in [0.2, 0.25) is 12.1 Å². The zero-order valence-corrected chi connectivity index (χ0v) is 22.7. The first-order chi connectivity index (χ1) is 18.5. The van der Waals surface area contributed by atoms with Crippen LogP contribution in [0.25, 0.3) is 0 Å². The SMILES string of the molecule is C[C@@H]1C[C@H](O)[C@]2(O)O[C@@H]3C[C@@]4(CO)[C@@H](CC[C@@H]5[C@@H]4CC[C@]4(C)[C@@H](C6=CC(=O)OC6)C[C@@H](O)[C@]54O)C[C@H]3O[C@@H]2O1. The molecule has 10 nitrogen and oxygen atoms in total. The van der Waals surface area contributed by atoms with Crippen molar-refractivity contribution in [1.29, 1.82) is 0 Å². The van der Waals surface area contributed by atoms with Crippen LogP contribution in [0.3, 0.4) is 0 Å². The minimum atomic E-state index is -1.97. The van der Waals surface area contributed by atoms with E-state index in [1.165, 1.54) is 6.08 Å². The summed E-state index contributed by atoms with van der Waals surface area (Å²) in [5.41, 5.74) is -1.72. The van der Waals surface area contributed by atoms with Gasteiger partial charge in [0.05, 0.1) is 30.0 Å². The fourth-order valence-electron chi connectivity index (χ4n) is 10.4. The molecule has 0 spiro atoms. The molecule has 3 aliphatic heterocycles. The Morgan fingerprint density at radius 3 is 2.51 bits per heavy atom. The number of rotatable bonds is 2. The molecule has 10 heteroatoms. The lowest BCUT2D eigenvalue weighted by Crippen LogP contribution is -2.71. The van der Waals surface area contributed by atoms with Gasteiger partial charge in [0.25, 0.3) is 0 Å². The Morgan fingerprint density at radius 1 is 1.00 bits per heavy atom. The van der Waals surface area contributed by atoms with Crippen molar-refractivity contribution in [3.05, 3.63) is 11.6 Å². The molecule has 0 aromatic heterocycles. The second-order valence-electron chi connectivity index (χ2n) is 13.8. The Balaban J connectivity index is 1.20. The summed E-state index contributed by atoms with van der Waals surface area (Å²) < 4.78 is 23.5. The highest BCUT2D eigenvalue weighted by Crippen LogP contribution is 2.70. The Morgan fingerprint density at radius 2 is 1.79 bits per heavy atom. The predicted octanol–water partition coefficient (Wildman–Crippen LogP) is 0.765. The Labute approximate surface area is 228 Å². The number of carbonyl (C=O) groups is 1. The van der Waals surface area contributed by atoms with Gasteiger partial charge in [0.1, 0.15) is 12.7 Å². The van der Waals surface area contributed by atoms with E-state index in [1.807, 2.05) is 13.8 Å². The second-order valence-corrected chi connectivity index (χ2v) is 13.8. The molecule has 7 rings (SSSR count). The number of ether oxygens (including phenoxy) is 4. The third kappa shape index (κ3) is 3.40. The molecule has 0 amide bonds. The summed E-state index contributed by atoms with van der Waals surface area (Å²) >= 11 is 0. The largest absolute Gasteiger partial charge is 0.458 e. The van der Waals surface area contributed by atoms with Gasteiger partial charge in [0.15, 0.2) is 0 Å². The third-order valence-corrected chi connectivity index (χ3v) is 12.4. The molecule has 0 unspecified atom stereocenters. The van der Waals surface area contributed by atoms with Crippen molar-refractivity contribution in [3.63, 3.8) is 0 Å². The van der Waals surface area contributed by atoms with E-state index in [1.54, 1.807) is 0 Å². The molecule has 4 saturated carbocycles. The van der Waals surface area contributed by atoms with Crippen LogP contribution in [0.2, 0.25) is 0 Å². The summed E-state index contributed by atoms with van der Waals surface area (Å²) in [7, 11) is 0. The lowest BCUT2D eigenvalue weighted by atomic mass is 9.42. The van der Waals surface area contributed by atoms with Gasteiger partial charge >= 0.3 is 5.97 Å². The quantitative estimate of drug-likeness (QED) is 0.246. The summed E-state index contributed by atoms with van der Waals surface area (Å²) in [4.78, 5) is 11.8. The van der Waals surface area contributed by atoms with E-state index in [0.29, 0.717) is 25.7 Å². The van der Waals surface area contributed by atoms with Crippen molar-refractivity contribution in [2.75, 3.05) is 13.2 Å². The van der Waals surface area contributed by atoms with E-state index in [2.05, 4.69) is 0 Å². The summed E-state index contributed by atoms with van der Waals surface area (Å²) in [6, 6.07) is 0. The molecule has 0 aromatic rings. The molecule has 4 aliphatic carbocycles. The van der Waals surface area contributed by atoms with Gasteiger partial charge in [-0.3, -0.25) is 0 Å². The summed E-state index contributed by atoms with van der Waals surface area (Å²) in [6.45, 7) is 3.98. The Hall–Kier alpha value is -1.11. The van der Waals surface area contributed by atoms with E-state index in [9.17, 15) is 30.3 Å². The average Bonchev–Trinajstić information content (AvgIpc) is 3.41. The molecular weight excluding hydrogens is 508 g/mol.